The average Bonchev–Trinajstić information content (AvgIpc) is 3.10. The molecule has 13 heteroatoms. The SMILES string of the molecule is COc1ccnc(C(=O)N[C@H]2COC(=O)[C@H](Cc3ccccc3)[C@@H](OC(=O)C(C)C)[C@H](C)OC2=O)c1OC(=O)C(Cl)c1ccccc1. The Morgan fingerprint density at radius 2 is 1.64 bits per heavy atom. The van der Waals surface area contributed by atoms with Gasteiger partial charge in [0.1, 0.15) is 18.6 Å². The van der Waals surface area contributed by atoms with Gasteiger partial charge in [-0.1, -0.05) is 74.5 Å². The molecule has 248 valence electrons. The number of carbonyl (C=O) groups excluding carboxylic acids is 5. The number of nitrogens with one attached hydrogen (secondary N) is 1. The molecule has 0 spiro atoms. The Hall–Kier alpha value is -4.97. The molecular weight excluding hydrogens is 632 g/mol. The van der Waals surface area contributed by atoms with Crippen molar-refractivity contribution in [2.24, 2.45) is 11.8 Å². The van der Waals surface area contributed by atoms with Crippen LogP contribution in [0.1, 0.15) is 47.8 Å². The summed E-state index contributed by atoms with van der Waals surface area (Å²) >= 11 is 6.33. The molecular formula is C34H35ClN2O10. The normalized spacial score (nSPS) is 20.4. The molecule has 1 N–H and O–H groups in total. The van der Waals surface area contributed by atoms with Gasteiger partial charge in [-0.2, -0.15) is 0 Å². The van der Waals surface area contributed by atoms with Crippen molar-refractivity contribution in [1.29, 1.82) is 0 Å². The van der Waals surface area contributed by atoms with Crippen molar-refractivity contribution >= 4 is 41.4 Å². The first-order valence-electron chi connectivity index (χ1n) is 14.9. The summed E-state index contributed by atoms with van der Waals surface area (Å²) in [5.74, 6) is -6.09. The van der Waals surface area contributed by atoms with E-state index < -0.39 is 77.5 Å². The van der Waals surface area contributed by atoms with Crippen LogP contribution in [0.15, 0.2) is 72.9 Å². The number of aromatic nitrogens is 1. The Morgan fingerprint density at radius 1 is 0.979 bits per heavy atom. The molecule has 2 heterocycles. The van der Waals surface area contributed by atoms with Gasteiger partial charge >= 0.3 is 23.9 Å². The van der Waals surface area contributed by atoms with Crippen LogP contribution < -0.4 is 14.8 Å². The van der Waals surface area contributed by atoms with E-state index in [1.165, 1.54) is 26.3 Å². The van der Waals surface area contributed by atoms with E-state index in [9.17, 15) is 24.0 Å². The Balaban J connectivity index is 1.58. The number of cyclic esters (lactones) is 2. The van der Waals surface area contributed by atoms with Crippen LogP contribution in [0.2, 0.25) is 0 Å². The number of hydrogen-bond donors (Lipinski definition) is 1. The molecule has 1 unspecified atom stereocenters. The van der Waals surface area contributed by atoms with Gasteiger partial charge in [0.15, 0.2) is 29.0 Å². The van der Waals surface area contributed by atoms with Gasteiger partial charge in [0.05, 0.1) is 13.0 Å². The van der Waals surface area contributed by atoms with Crippen molar-refractivity contribution in [2.75, 3.05) is 13.7 Å². The number of hydrogen-bond acceptors (Lipinski definition) is 11. The van der Waals surface area contributed by atoms with Gasteiger partial charge in [0.25, 0.3) is 5.91 Å². The summed E-state index contributed by atoms with van der Waals surface area (Å²) in [6, 6.07) is 17.3. The summed E-state index contributed by atoms with van der Waals surface area (Å²) in [5, 5.41) is 1.23. The minimum absolute atomic E-state index is 0.00825. The van der Waals surface area contributed by atoms with Gasteiger partial charge in [-0.25, -0.2) is 14.6 Å². The Bertz CT molecular complexity index is 1580. The molecule has 3 aromatic rings. The third kappa shape index (κ3) is 8.85. The maximum atomic E-state index is 13.5. The molecule has 1 aliphatic rings. The zero-order chi connectivity index (χ0) is 34.1. The second-order valence-corrected chi connectivity index (χ2v) is 11.5. The van der Waals surface area contributed by atoms with Crippen molar-refractivity contribution < 1.29 is 47.7 Å². The lowest BCUT2D eigenvalue weighted by molar-refractivity contribution is -0.176. The molecule has 1 fully saturated rings. The average molecular weight is 667 g/mol. The first-order chi connectivity index (χ1) is 22.5. The molecule has 4 rings (SSSR count). The predicted octanol–water partition coefficient (Wildman–Crippen LogP) is 3.99. The lowest BCUT2D eigenvalue weighted by Crippen LogP contribution is -2.47. The molecule has 0 aliphatic carbocycles. The standard InChI is InChI=1S/C34H35ClN2O10/c1-19(2)31(39)46-28-20(3)45-33(41)24(18-44-32(40)23(28)17-21-11-7-5-8-12-21)37-30(38)27-29(25(43-4)15-16-36-27)47-34(42)26(35)22-13-9-6-10-14-22/h5-16,19-20,23-24,26,28H,17-18H2,1-4H3,(H,37,38)/t20-,23+,24-,26?,28-/m0/s1. The number of rotatable bonds is 10. The van der Waals surface area contributed by atoms with Crippen LogP contribution in [0.25, 0.3) is 0 Å². The summed E-state index contributed by atoms with van der Waals surface area (Å²) in [7, 11) is 1.30. The van der Waals surface area contributed by atoms with Gasteiger partial charge in [-0.05, 0) is 24.5 Å². The lowest BCUT2D eigenvalue weighted by Gasteiger charge is -2.29. The lowest BCUT2D eigenvalue weighted by atomic mass is 9.91. The van der Waals surface area contributed by atoms with E-state index >= 15 is 0 Å². The minimum atomic E-state index is -1.51. The molecule has 47 heavy (non-hydrogen) atoms. The number of carbonyl (C=O) groups is 5. The largest absolute Gasteiger partial charge is 0.493 e. The van der Waals surface area contributed by atoms with Crippen LogP contribution in [0.5, 0.6) is 11.5 Å². The fourth-order valence-electron chi connectivity index (χ4n) is 4.74. The van der Waals surface area contributed by atoms with Gasteiger partial charge in [0.2, 0.25) is 5.75 Å². The Kier molecular flexibility index (Phi) is 11.9. The molecule has 2 aromatic carbocycles. The van der Waals surface area contributed by atoms with E-state index in [1.54, 1.807) is 68.4 Å². The number of nitrogens with zero attached hydrogens (tertiary/aromatic N) is 1. The highest BCUT2D eigenvalue weighted by molar-refractivity contribution is 6.30. The van der Waals surface area contributed by atoms with Crippen LogP contribution in [-0.4, -0.2) is 66.7 Å². The molecule has 0 bridgehead atoms. The number of halogens is 1. The first-order valence-corrected chi connectivity index (χ1v) is 15.3. The molecule has 1 saturated heterocycles. The monoisotopic (exact) mass is 666 g/mol. The summed E-state index contributed by atoms with van der Waals surface area (Å²) < 4.78 is 27.6. The minimum Gasteiger partial charge on any atom is -0.493 e. The second-order valence-electron chi connectivity index (χ2n) is 11.0. The maximum absolute atomic E-state index is 13.5. The van der Waals surface area contributed by atoms with Crippen molar-refractivity contribution in [3.8, 4) is 11.5 Å². The zero-order valence-electron chi connectivity index (χ0n) is 26.2. The van der Waals surface area contributed by atoms with Crippen LogP contribution in [0.4, 0.5) is 0 Å². The highest BCUT2D eigenvalue weighted by Gasteiger charge is 2.42. The van der Waals surface area contributed by atoms with E-state index in [2.05, 4.69) is 10.3 Å². The van der Waals surface area contributed by atoms with Crippen molar-refractivity contribution in [2.45, 2.75) is 50.8 Å². The van der Waals surface area contributed by atoms with Crippen LogP contribution in [0.3, 0.4) is 0 Å². The summed E-state index contributed by atoms with van der Waals surface area (Å²) in [6.45, 7) is 4.15. The smallest absolute Gasteiger partial charge is 0.334 e. The quantitative estimate of drug-likeness (QED) is 0.190. The van der Waals surface area contributed by atoms with Gasteiger partial charge in [-0.15, -0.1) is 11.6 Å². The summed E-state index contributed by atoms with van der Waals surface area (Å²) in [4.78, 5) is 70.0. The molecule has 5 atom stereocenters. The fourth-order valence-corrected chi connectivity index (χ4v) is 4.93. The van der Waals surface area contributed by atoms with Crippen molar-refractivity contribution in [3.05, 3.63) is 89.7 Å². The van der Waals surface area contributed by atoms with Crippen LogP contribution >= 0.6 is 11.6 Å². The molecule has 0 saturated carbocycles. The molecule has 1 aromatic heterocycles. The number of benzene rings is 2. The van der Waals surface area contributed by atoms with Crippen molar-refractivity contribution in [1.82, 2.24) is 10.3 Å². The van der Waals surface area contributed by atoms with Gasteiger partial charge < -0.3 is 29.0 Å². The predicted molar refractivity (Wildman–Crippen MR) is 168 cm³/mol. The third-order valence-electron chi connectivity index (χ3n) is 7.27. The number of alkyl halides is 1. The number of amides is 1. The van der Waals surface area contributed by atoms with Crippen LogP contribution in [-0.2, 0) is 39.8 Å². The molecule has 0 radical (unpaired) electrons. The molecule has 1 aliphatic heterocycles. The number of pyridine rings is 1. The van der Waals surface area contributed by atoms with Crippen LogP contribution in [0, 0.1) is 11.8 Å². The summed E-state index contributed by atoms with van der Waals surface area (Å²) in [5.41, 5.74) is 0.813. The third-order valence-corrected chi connectivity index (χ3v) is 7.70. The first kappa shape index (κ1) is 34.9. The van der Waals surface area contributed by atoms with E-state index in [0.717, 1.165) is 5.56 Å². The highest BCUT2D eigenvalue weighted by atomic mass is 35.5. The molecule has 1 amide bonds. The number of esters is 4. The zero-order valence-corrected chi connectivity index (χ0v) is 27.0. The topological polar surface area (TPSA) is 156 Å². The molecule has 12 nitrogen and oxygen atoms in total. The number of ether oxygens (including phenoxy) is 5. The van der Waals surface area contributed by atoms with E-state index in [0.29, 0.717) is 5.56 Å². The van der Waals surface area contributed by atoms with E-state index in [4.69, 9.17) is 35.3 Å². The van der Waals surface area contributed by atoms with Gasteiger partial charge in [0, 0.05) is 12.3 Å². The van der Waals surface area contributed by atoms with E-state index in [-0.39, 0.29) is 17.9 Å². The second kappa shape index (κ2) is 16.0. The fraction of sp³-hybridized carbons (Fsp3) is 0.353. The maximum Gasteiger partial charge on any atom is 0.334 e. The highest BCUT2D eigenvalue weighted by Crippen LogP contribution is 2.32. The Labute approximate surface area is 276 Å². The summed E-state index contributed by atoms with van der Waals surface area (Å²) in [6.07, 6.45) is -0.919. The Morgan fingerprint density at radius 3 is 2.28 bits per heavy atom. The van der Waals surface area contributed by atoms with E-state index in [1.807, 2.05) is 6.07 Å². The van der Waals surface area contributed by atoms with Crippen molar-refractivity contribution in [3.63, 3.8) is 0 Å². The van der Waals surface area contributed by atoms with Gasteiger partial charge in [-0.3, -0.25) is 14.4 Å². The number of methoxy groups -OCH3 is 1.